The van der Waals surface area contributed by atoms with E-state index in [0.717, 1.165) is 17.7 Å². The fraction of sp³-hybridized carbons (Fsp3) is 0.0526. The monoisotopic (exact) mass is 386 g/mol. The predicted octanol–water partition coefficient (Wildman–Crippen LogP) is 3.31. The molecule has 138 valence electrons. The lowest BCUT2D eigenvalue weighted by atomic mass is 9.99. The molecular weight excluding hydrogens is 372 g/mol. The number of rotatable bonds is 5. The second kappa shape index (κ2) is 6.73. The fourth-order valence-electron chi connectivity index (χ4n) is 2.79. The van der Waals surface area contributed by atoms with Crippen LogP contribution in [0.15, 0.2) is 59.5 Å². The van der Waals surface area contributed by atoms with Crippen LogP contribution in [0, 0.1) is 6.92 Å². The molecule has 0 fully saturated rings. The minimum Gasteiger partial charge on any atom is -0.478 e. The maximum absolute atomic E-state index is 12.8. The number of aromatic carboxylic acids is 2. The molecule has 0 aromatic heterocycles. The lowest BCUT2D eigenvalue weighted by Gasteiger charge is -2.13. The molecule has 0 aliphatic carbocycles. The van der Waals surface area contributed by atoms with E-state index in [1.165, 1.54) is 30.3 Å². The molecule has 0 aliphatic rings. The molecule has 0 radical (unpaired) electrons. The highest BCUT2D eigenvalue weighted by Gasteiger charge is 2.25. The number of carboxylic acids is 2. The van der Waals surface area contributed by atoms with Gasteiger partial charge in [0.1, 0.15) is 10.6 Å². The van der Waals surface area contributed by atoms with Crippen LogP contribution in [0.4, 0.5) is 0 Å². The summed E-state index contributed by atoms with van der Waals surface area (Å²) in [5, 5.41) is 18.5. The largest absolute Gasteiger partial charge is 0.478 e. The molecule has 0 atom stereocenters. The summed E-state index contributed by atoms with van der Waals surface area (Å²) in [4.78, 5) is 22.7. The van der Waals surface area contributed by atoms with E-state index in [9.17, 15) is 28.2 Å². The molecular formula is C19H14O7S. The third-order valence-electron chi connectivity index (χ3n) is 3.93. The Labute approximate surface area is 154 Å². The minimum absolute atomic E-state index is 0.0394. The first kappa shape index (κ1) is 18.4. The summed E-state index contributed by atoms with van der Waals surface area (Å²) in [6.45, 7) is 1.77. The summed E-state index contributed by atoms with van der Waals surface area (Å²) in [5.41, 5.74) is 0.178. The molecule has 0 bridgehead atoms. The molecule has 0 saturated heterocycles. The van der Waals surface area contributed by atoms with Crippen LogP contribution in [-0.2, 0) is 10.1 Å². The maximum atomic E-state index is 12.8. The van der Waals surface area contributed by atoms with E-state index in [2.05, 4.69) is 0 Å². The van der Waals surface area contributed by atoms with Crippen LogP contribution in [0.2, 0.25) is 0 Å². The first-order valence-electron chi connectivity index (χ1n) is 7.74. The van der Waals surface area contributed by atoms with Crippen LogP contribution in [0.5, 0.6) is 5.75 Å². The molecule has 3 aromatic carbocycles. The van der Waals surface area contributed by atoms with Gasteiger partial charge in [-0.3, -0.25) is 0 Å². The standard InChI is InChI=1S/C19H14O7S/c1-11-4-2-5-12(10-11)26-27(24,25)16-9-8-15(19(22)23)17-13(16)6-3-7-14(17)18(20)21/h2-10H,1H3,(H,20,21)(H,22,23). The van der Waals surface area contributed by atoms with E-state index in [4.69, 9.17) is 4.18 Å². The van der Waals surface area contributed by atoms with E-state index in [1.54, 1.807) is 19.1 Å². The number of hydrogen-bond donors (Lipinski definition) is 2. The first-order valence-corrected chi connectivity index (χ1v) is 9.15. The number of carbonyl (C=O) groups is 2. The van der Waals surface area contributed by atoms with Crippen molar-refractivity contribution in [1.82, 2.24) is 0 Å². The average Bonchev–Trinajstić information content (AvgIpc) is 2.59. The van der Waals surface area contributed by atoms with Crippen LogP contribution in [-0.4, -0.2) is 30.6 Å². The van der Waals surface area contributed by atoms with Gasteiger partial charge in [-0.05, 0) is 42.8 Å². The van der Waals surface area contributed by atoms with Gasteiger partial charge in [0.25, 0.3) is 0 Å². The van der Waals surface area contributed by atoms with Crippen molar-refractivity contribution in [2.45, 2.75) is 11.8 Å². The minimum atomic E-state index is -4.33. The van der Waals surface area contributed by atoms with Gasteiger partial charge in [0.15, 0.2) is 0 Å². The molecule has 3 aromatic rings. The summed E-state index contributed by atoms with van der Waals surface area (Å²) in [6.07, 6.45) is 0. The third-order valence-corrected chi connectivity index (χ3v) is 5.23. The molecule has 0 aliphatic heterocycles. The van der Waals surface area contributed by atoms with Gasteiger partial charge in [0, 0.05) is 10.8 Å². The summed E-state index contributed by atoms with van der Waals surface area (Å²) in [7, 11) is -4.33. The highest BCUT2D eigenvalue weighted by atomic mass is 32.2. The molecule has 0 spiro atoms. The van der Waals surface area contributed by atoms with Crippen molar-refractivity contribution in [3.05, 3.63) is 71.3 Å². The Morgan fingerprint density at radius 1 is 0.889 bits per heavy atom. The van der Waals surface area contributed by atoms with E-state index < -0.39 is 22.1 Å². The summed E-state index contributed by atoms with van der Waals surface area (Å²) >= 11 is 0. The number of fused-ring (bicyclic) bond motifs is 1. The van der Waals surface area contributed by atoms with Crippen molar-refractivity contribution in [2.75, 3.05) is 0 Å². The van der Waals surface area contributed by atoms with Crippen LogP contribution in [0.25, 0.3) is 10.8 Å². The summed E-state index contributed by atoms with van der Waals surface area (Å²) < 4.78 is 30.7. The molecule has 7 nitrogen and oxygen atoms in total. The summed E-state index contributed by atoms with van der Waals surface area (Å²) in [5.74, 6) is -2.63. The zero-order valence-electron chi connectivity index (χ0n) is 14.0. The zero-order valence-corrected chi connectivity index (χ0v) is 14.9. The van der Waals surface area contributed by atoms with E-state index >= 15 is 0 Å². The molecule has 27 heavy (non-hydrogen) atoms. The second-order valence-corrected chi connectivity index (χ2v) is 7.32. The van der Waals surface area contributed by atoms with Gasteiger partial charge in [-0.25, -0.2) is 9.59 Å². The van der Waals surface area contributed by atoms with Crippen LogP contribution >= 0.6 is 0 Å². The van der Waals surface area contributed by atoms with Crippen molar-refractivity contribution < 1.29 is 32.4 Å². The topological polar surface area (TPSA) is 118 Å². The number of carboxylic acid groups (broad SMARTS) is 2. The van der Waals surface area contributed by atoms with Crippen molar-refractivity contribution >= 4 is 32.8 Å². The maximum Gasteiger partial charge on any atom is 0.339 e. The fourth-order valence-corrected chi connectivity index (χ4v) is 3.91. The van der Waals surface area contributed by atoms with Crippen molar-refractivity contribution in [1.29, 1.82) is 0 Å². The second-order valence-electron chi connectivity index (χ2n) is 5.80. The highest BCUT2D eigenvalue weighted by Crippen LogP contribution is 2.31. The van der Waals surface area contributed by atoms with Gasteiger partial charge in [-0.15, -0.1) is 0 Å². The number of hydrogen-bond acceptors (Lipinski definition) is 5. The summed E-state index contributed by atoms with van der Waals surface area (Å²) in [6, 6.07) is 12.5. The van der Waals surface area contributed by atoms with E-state index in [0.29, 0.717) is 0 Å². The lowest BCUT2D eigenvalue weighted by molar-refractivity contribution is 0.0695. The zero-order chi connectivity index (χ0) is 19.8. The smallest absolute Gasteiger partial charge is 0.339 e. The van der Waals surface area contributed by atoms with Crippen LogP contribution < -0.4 is 4.18 Å². The normalized spacial score (nSPS) is 11.3. The lowest BCUT2D eigenvalue weighted by Crippen LogP contribution is -2.12. The molecule has 0 unspecified atom stereocenters. The Balaban J connectivity index is 2.26. The van der Waals surface area contributed by atoms with Gasteiger partial charge in [-0.2, -0.15) is 8.42 Å². The van der Waals surface area contributed by atoms with Gasteiger partial charge >= 0.3 is 22.1 Å². The van der Waals surface area contributed by atoms with Crippen molar-refractivity contribution in [3.63, 3.8) is 0 Å². The Kier molecular flexibility index (Phi) is 4.59. The van der Waals surface area contributed by atoms with Crippen LogP contribution in [0.3, 0.4) is 0 Å². The molecule has 3 rings (SSSR count). The van der Waals surface area contributed by atoms with Crippen LogP contribution in [0.1, 0.15) is 26.3 Å². The molecule has 2 N–H and O–H groups in total. The number of benzene rings is 3. The first-order chi connectivity index (χ1) is 12.7. The van der Waals surface area contributed by atoms with Crippen molar-refractivity contribution in [2.24, 2.45) is 0 Å². The Morgan fingerprint density at radius 2 is 1.52 bits per heavy atom. The van der Waals surface area contributed by atoms with Gasteiger partial charge in [-0.1, -0.05) is 24.3 Å². The van der Waals surface area contributed by atoms with Gasteiger partial charge in [0.05, 0.1) is 11.1 Å². The molecule has 0 amide bonds. The average molecular weight is 386 g/mol. The Hall–Kier alpha value is -3.39. The Bertz CT molecular complexity index is 1160. The number of aryl methyl sites for hydroxylation is 1. The van der Waals surface area contributed by atoms with E-state index in [-0.39, 0.29) is 32.5 Å². The molecule has 0 heterocycles. The predicted molar refractivity (Wildman–Crippen MR) is 96.9 cm³/mol. The Morgan fingerprint density at radius 3 is 2.15 bits per heavy atom. The van der Waals surface area contributed by atoms with Crippen molar-refractivity contribution in [3.8, 4) is 5.75 Å². The SMILES string of the molecule is Cc1cccc(OS(=O)(=O)c2ccc(C(=O)O)c3c(C(=O)O)cccc23)c1. The van der Waals surface area contributed by atoms with E-state index in [1.807, 2.05) is 0 Å². The van der Waals surface area contributed by atoms with Gasteiger partial charge in [0.2, 0.25) is 0 Å². The quantitative estimate of drug-likeness (QED) is 0.646. The third kappa shape index (κ3) is 3.47. The molecule has 0 saturated carbocycles. The van der Waals surface area contributed by atoms with Gasteiger partial charge < -0.3 is 14.4 Å². The highest BCUT2D eigenvalue weighted by molar-refractivity contribution is 7.87. The molecule has 8 heteroatoms.